The number of nitrogens with zero attached hydrogens (tertiary/aromatic N) is 1. The van der Waals surface area contributed by atoms with E-state index < -0.39 is 0 Å². The van der Waals surface area contributed by atoms with Gasteiger partial charge in [-0.2, -0.15) is 0 Å². The topological polar surface area (TPSA) is 57.5 Å². The highest BCUT2D eigenvalue weighted by Crippen LogP contribution is 2.22. The van der Waals surface area contributed by atoms with Gasteiger partial charge in [-0.05, 0) is 49.2 Å². The molecule has 2 aromatic rings. The van der Waals surface area contributed by atoms with E-state index in [2.05, 4.69) is 55.7 Å². The molecular formula is C21H31N3O2. The highest BCUT2D eigenvalue weighted by molar-refractivity contribution is 5.73. The van der Waals surface area contributed by atoms with Crippen molar-refractivity contribution in [1.82, 2.24) is 15.5 Å². The van der Waals surface area contributed by atoms with E-state index in [-0.39, 0.29) is 17.5 Å². The largest absolute Gasteiger partial charge is 0.468 e. The van der Waals surface area contributed by atoms with Gasteiger partial charge in [-0.3, -0.25) is 4.90 Å². The zero-order chi connectivity index (χ0) is 19.2. The minimum Gasteiger partial charge on any atom is -0.468 e. The summed E-state index contributed by atoms with van der Waals surface area (Å²) in [4.78, 5) is 14.1. The Morgan fingerprint density at radius 1 is 1.12 bits per heavy atom. The summed E-state index contributed by atoms with van der Waals surface area (Å²) in [5.74, 6) is 0.842. The molecule has 0 fully saturated rings. The molecule has 2 rings (SSSR count). The number of carbonyl (C=O) groups is 1. The molecule has 0 radical (unpaired) electrons. The third-order valence-electron chi connectivity index (χ3n) is 4.47. The maximum atomic E-state index is 12.0. The van der Waals surface area contributed by atoms with Gasteiger partial charge >= 0.3 is 6.03 Å². The highest BCUT2D eigenvalue weighted by atomic mass is 16.3. The number of amides is 2. The molecule has 2 amide bonds. The Labute approximate surface area is 156 Å². The molecule has 0 aliphatic heterocycles. The molecule has 0 aliphatic carbocycles. The summed E-state index contributed by atoms with van der Waals surface area (Å²) >= 11 is 0. The van der Waals surface area contributed by atoms with Crippen LogP contribution in [0.4, 0.5) is 4.79 Å². The second-order valence-electron chi connectivity index (χ2n) is 7.83. The smallest absolute Gasteiger partial charge is 0.314 e. The number of nitrogens with one attached hydrogen (secondary N) is 2. The fourth-order valence-corrected chi connectivity index (χ4v) is 2.76. The number of rotatable bonds is 7. The lowest BCUT2D eigenvalue weighted by Crippen LogP contribution is -2.41. The number of hydrogen-bond donors (Lipinski definition) is 2. The summed E-state index contributed by atoms with van der Waals surface area (Å²) in [6.07, 6.45) is 2.46. The Morgan fingerprint density at radius 3 is 2.35 bits per heavy atom. The standard InChI is InChI=1S/C21H31N3O2/c1-21(2,3)17-10-8-16(9-11-17)12-13-22-20(25)23-15-18(24(4)5)19-7-6-14-26-19/h6-11,14,18H,12-13,15H2,1-5H3,(H2,22,23,25). The third-order valence-corrected chi connectivity index (χ3v) is 4.47. The number of benzene rings is 1. The Kier molecular flexibility index (Phi) is 6.86. The van der Waals surface area contributed by atoms with E-state index in [1.54, 1.807) is 6.26 Å². The average Bonchev–Trinajstić information content (AvgIpc) is 3.08. The van der Waals surface area contributed by atoms with Crippen LogP contribution in [0.25, 0.3) is 0 Å². The van der Waals surface area contributed by atoms with Crippen LogP contribution in [0.15, 0.2) is 47.1 Å². The van der Waals surface area contributed by atoms with Crippen molar-refractivity contribution in [2.24, 2.45) is 0 Å². The van der Waals surface area contributed by atoms with Crippen molar-refractivity contribution in [2.75, 3.05) is 27.2 Å². The fraction of sp³-hybridized carbons (Fsp3) is 0.476. The molecule has 0 saturated heterocycles. The van der Waals surface area contributed by atoms with Crippen LogP contribution in [0.3, 0.4) is 0 Å². The van der Waals surface area contributed by atoms with Crippen LogP contribution in [0, 0.1) is 0 Å². The van der Waals surface area contributed by atoms with Gasteiger partial charge in [-0.25, -0.2) is 4.79 Å². The summed E-state index contributed by atoms with van der Waals surface area (Å²) in [5, 5.41) is 5.83. The van der Waals surface area contributed by atoms with Crippen LogP contribution in [-0.2, 0) is 11.8 Å². The van der Waals surface area contributed by atoms with Gasteiger partial charge in [0, 0.05) is 13.1 Å². The summed E-state index contributed by atoms with van der Waals surface area (Å²) in [7, 11) is 3.93. The predicted molar refractivity (Wildman–Crippen MR) is 105 cm³/mol. The Hall–Kier alpha value is -2.27. The molecule has 5 nitrogen and oxygen atoms in total. The third kappa shape index (κ3) is 5.92. The lowest BCUT2D eigenvalue weighted by molar-refractivity contribution is 0.225. The molecular weight excluding hydrogens is 326 g/mol. The molecule has 0 saturated carbocycles. The molecule has 1 aromatic carbocycles. The zero-order valence-electron chi connectivity index (χ0n) is 16.5. The van der Waals surface area contributed by atoms with Gasteiger partial charge in [0.15, 0.2) is 0 Å². The van der Waals surface area contributed by atoms with E-state index in [9.17, 15) is 4.79 Å². The Balaban J connectivity index is 1.75. The predicted octanol–water partition coefficient (Wildman–Crippen LogP) is 3.72. The second kappa shape index (κ2) is 8.90. The normalized spacial score (nSPS) is 12.8. The number of hydrogen-bond acceptors (Lipinski definition) is 3. The van der Waals surface area contributed by atoms with E-state index in [1.807, 2.05) is 31.1 Å². The summed E-state index contributed by atoms with van der Waals surface area (Å²) < 4.78 is 5.45. The van der Waals surface area contributed by atoms with Crippen LogP contribution >= 0.6 is 0 Å². The molecule has 0 spiro atoms. The molecule has 1 heterocycles. The first-order valence-electron chi connectivity index (χ1n) is 9.08. The first-order valence-corrected chi connectivity index (χ1v) is 9.08. The van der Waals surface area contributed by atoms with Crippen molar-refractivity contribution >= 4 is 6.03 Å². The van der Waals surface area contributed by atoms with Gasteiger partial charge in [-0.1, -0.05) is 45.0 Å². The van der Waals surface area contributed by atoms with Gasteiger partial charge in [0.2, 0.25) is 0 Å². The van der Waals surface area contributed by atoms with E-state index >= 15 is 0 Å². The van der Waals surface area contributed by atoms with Gasteiger partial charge in [-0.15, -0.1) is 0 Å². The number of furan rings is 1. The quantitative estimate of drug-likeness (QED) is 0.794. The molecule has 1 unspecified atom stereocenters. The van der Waals surface area contributed by atoms with Gasteiger partial charge in [0.25, 0.3) is 0 Å². The molecule has 5 heteroatoms. The highest BCUT2D eigenvalue weighted by Gasteiger charge is 2.17. The van der Waals surface area contributed by atoms with Crippen LogP contribution in [0.1, 0.15) is 43.7 Å². The Morgan fingerprint density at radius 2 is 1.81 bits per heavy atom. The first-order chi connectivity index (χ1) is 12.3. The first kappa shape index (κ1) is 20.0. The van der Waals surface area contributed by atoms with Crippen molar-refractivity contribution in [1.29, 1.82) is 0 Å². The number of likely N-dealkylation sites (N-methyl/N-ethyl adjacent to an activating group) is 1. The fourth-order valence-electron chi connectivity index (χ4n) is 2.76. The summed E-state index contributed by atoms with van der Waals surface area (Å²) in [5.41, 5.74) is 2.70. The van der Waals surface area contributed by atoms with Crippen molar-refractivity contribution in [3.8, 4) is 0 Å². The second-order valence-corrected chi connectivity index (χ2v) is 7.83. The van der Waals surface area contributed by atoms with Crippen LogP contribution in [0.5, 0.6) is 0 Å². The minimum atomic E-state index is -0.158. The molecule has 1 atom stereocenters. The van der Waals surface area contributed by atoms with Crippen molar-refractivity contribution in [3.63, 3.8) is 0 Å². The number of urea groups is 1. The summed E-state index contributed by atoms with van der Waals surface area (Å²) in [6, 6.07) is 12.2. The maximum Gasteiger partial charge on any atom is 0.314 e. The number of carbonyl (C=O) groups excluding carboxylic acids is 1. The van der Waals surface area contributed by atoms with Crippen molar-refractivity contribution < 1.29 is 9.21 Å². The average molecular weight is 357 g/mol. The van der Waals surface area contributed by atoms with Gasteiger partial charge in [0.1, 0.15) is 5.76 Å². The maximum absolute atomic E-state index is 12.0. The van der Waals surface area contributed by atoms with E-state index in [0.29, 0.717) is 13.1 Å². The SMILES string of the molecule is CN(C)C(CNC(=O)NCCc1ccc(C(C)(C)C)cc1)c1ccco1. The van der Waals surface area contributed by atoms with Gasteiger partial charge < -0.3 is 15.1 Å². The summed E-state index contributed by atoms with van der Waals surface area (Å²) in [6.45, 7) is 7.72. The molecule has 0 aliphatic rings. The molecule has 0 bridgehead atoms. The molecule has 1 aromatic heterocycles. The van der Waals surface area contributed by atoms with Crippen LogP contribution in [0.2, 0.25) is 0 Å². The molecule has 142 valence electrons. The van der Waals surface area contributed by atoms with Crippen LogP contribution < -0.4 is 10.6 Å². The van der Waals surface area contributed by atoms with E-state index in [4.69, 9.17) is 4.42 Å². The molecule has 2 N–H and O–H groups in total. The molecule has 26 heavy (non-hydrogen) atoms. The van der Waals surface area contributed by atoms with E-state index in [1.165, 1.54) is 11.1 Å². The van der Waals surface area contributed by atoms with Crippen molar-refractivity contribution in [3.05, 3.63) is 59.5 Å². The lowest BCUT2D eigenvalue weighted by atomic mass is 9.86. The monoisotopic (exact) mass is 357 g/mol. The minimum absolute atomic E-state index is 0.0145. The van der Waals surface area contributed by atoms with Crippen molar-refractivity contribution in [2.45, 2.75) is 38.6 Å². The Bertz CT molecular complexity index is 670. The van der Waals surface area contributed by atoms with E-state index in [0.717, 1.165) is 12.2 Å². The van der Waals surface area contributed by atoms with Crippen LogP contribution in [-0.4, -0.2) is 38.1 Å². The zero-order valence-corrected chi connectivity index (χ0v) is 16.5. The lowest BCUT2D eigenvalue weighted by Gasteiger charge is -2.22. The van der Waals surface area contributed by atoms with Gasteiger partial charge in [0.05, 0.1) is 12.3 Å².